The minimum atomic E-state index is 0.0590. The molecule has 1 saturated heterocycles. The van der Waals surface area contributed by atoms with Gasteiger partial charge in [-0.25, -0.2) is 4.98 Å². The summed E-state index contributed by atoms with van der Waals surface area (Å²) in [5, 5.41) is 3.14. The molecule has 1 aromatic rings. The first-order valence-electron chi connectivity index (χ1n) is 9.47. The SMILES string of the molecule is CC(C)(C)c1cn2c(n1)CC[C@H](NC(=O)CCOC[C@@H]1CCCO1)C2. The number of amides is 1. The van der Waals surface area contributed by atoms with E-state index in [1.54, 1.807) is 0 Å². The number of aryl methyl sites for hydroxylation is 1. The zero-order valence-electron chi connectivity index (χ0n) is 15.7. The molecule has 25 heavy (non-hydrogen) atoms. The van der Waals surface area contributed by atoms with Crippen LogP contribution in [-0.4, -0.2) is 47.4 Å². The average molecular weight is 349 g/mol. The lowest BCUT2D eigenvalue weighted by Gasteiger charge is -2.24. The van der Waals surface area contributed by atoms with E-state index in [4.69, 9.17) is 14.5 Å². The molecule has 0 aromatic carbocycles. The fourth-order valence-corrected chi connectivity index (χ4v) is 3.38. The molecule has 0 unspecified atom stereocenters. The number of carbonyl (C=O) groups is 1. The zero-order chi connectivity index (χ0) is 17.9. The van der Waals surface area contributed by atoms with Crippen molar-refractivity contribution in [3.63, 3.8) is 0 Å². The number of ether oxygens (including phenoxy) is 2. The van der Waals surface area contributed by atoms with Gasteiger partial charge in [-0.05, 0) is 19.3 Å². The summed E-state index contributed by atoms with van der Waals surface area (Å²) in [6, 6.07) is 0.181. The molecule has 2 aliphatic heterocycles. The largest absolute Gasteiger partial charge is 0.378 e. The van der Waals surface area contributed by atoms with Crippen molar-refractivity contribution in [2.75, 3.05) is 19.8 Å². The van der Waals surface area contributed by atoms with Crippen LogP contribution in [0, 0.1) is 0 Å². The molecule has 2 atom stereocenters. The molecule has 0 bridgehead atoms. The fraction of sp³-hybridized carbons (Fsp3) is 0.789. The van der Waals surface area contributed by atoms with Gasteiger partial charge < -0.3 is 19.4 Å². The lowest BCUT2D eigenvalue weighted by Crippen LogP contribution is -2.41. The molecule has 140 valence electrons. The summed E-state index contributed by atoms with van der Waals surface area (Å²) < 4.78 is 13.3. The Labute approximate surface area is 150 Å². The first-order valence-corrected chi connectivity index (χ1v) is 9.47. The molecular weight excluding hydrogens is 318 g/mol. The minimum Gasteiger partial charge on any atom is -0.378 e. The van der Waals surface area contributed by atoms with Gasteiger partial charge in [0.15, 0.2) is 0 Å². The molecule has 1 amide bonds. The van der Waals surface area contributed by atoms with E-state index in [9.17, 15) is 4.79 Å². The van der Waals surface area contributed by atoms with Gasteiger partial charge in [0.2, 0.25) is 5.91 Å². The van der Waals surface area contributed by atoms with Crippen molar-refractivity contribution in [3.8, 4) is 0 Å². The van der Waals surface area contributed by atoms with Crippen LogP contribution in [0.4, 0.5) is 0 Å². The Morgan fingerprint density at radius 2 is 2.28 bits per heavy atom. The molecule has 6 nitrogen and oxygen atoms in total. The number of imidazole rings is 1. The molecule has 0 spiro atoms. The Bertz CT molecular complexity index is 585. The number of nitrogens with zero attached hydrogens (tertiary/aromatic N) is 2. The van der Waals surface area contributed by atoms with Gasteiger partial charge >= 0.3 is 0 Å². The third kappa shape index (κ3) is 5.05. The summed E-state index contributed by atoms with van der Waals surface area (Å²) in [5.41, 5.74) is 1.18. The van der Waals surface area contributed by atoms with E-state index in [1.807, 2.05) is 0 Å². The second-order valence-corrected chi connectivity index (χ2v) is 8.21. The normalized spacial score (nSPS) is 23.5. The van der Waals surface area contributed by atoms with E-state index >= 15 is 0 Å². The molecule has 1 fully saturated rings. The van der Waals surface area contributed by atoms with Crippen LogP contribution in [0.3, 0.4) is 0 Å². The number of rotatable bonds is 6. The monoisotopic (exact) mass is 349 g/mol. The van der Waals surface area contributed by atoms with E-state index in [0.29, 0.717) is 19.6 Å². The summed E-state index contributed by atoms with van der Waals surface area (Å²) in [7, 11) is 0. The number of carbonyl (C=O) groups excluding carboxylic acids is 1. The average Bonchev–Trinajstić information content (AvgIpc) is 3.20. The van der Waals surface area contributed by atoms with Crippen LogP contribution in [0.15, 0.2) is 6.20 Å². The van der Waals surface area contributed by atoms with Gasteiger partial charge in [-0.1, -0.05) is 20.8 Å². The van der Waals surface area contributed by atoms with Crippen molar-refractivity contribution >= 4 is 5.91 Å². The Kier molecular flexibility index (Phi) is 5.79. The van der Waals surface area contributed by atoms with Crippen LogP contribution in [0.1, 0.15) is 58.0 Å². The smallest absolute Gasteiger partial charge is 0.222 e. The van der Waals surface area contributed by atoms with Gasteiger partial charge in [0.25, 0.3) is 0 Å². The maximum absolute atomic E-state index is 12.1. The minimum absolute atomic E-state index is 0.0590. The summed E-state index contributed by atoms with van der Waals surface area (Å²) in [6.07, 6.45) is 6.81. The van der Waals surface area contributed by atoms with Crippen LogP contribution in [0.2, 0.25) is 0 Å². The first kappa shape index (κ1) is 18.4. The van der Waals surface area contributed by atoms with Crippen LogP contribution in [-0.2, 0) is 32.6 Å². The summed E-state index contributed by atoms with van der Waals surface area (Å²) in [4.78, 5) is 16.9. The maximum Gasteiger partial charge on any atom is 0.222 e. The van der Waals surface area contributed by atoms with Gasteiger partial charge in [0, 0.05) is 43.6 Å². The number of hydrogen-bond acceptors (Lipinski definition) is 4. The summed E-state index contributed by atoms with van der Waals surface area (Å²) in [6.45, 7) is 9.24. The molecule has 0 aliphatic carbocycles. The maximum atomic E-state index is 12.1. The fourth-order valence-electron chi connectivity index (χ4n) is 3.38. The predicted molar refractivity (Wildman–Crippen MR) is 95.6 cm³/mol. The second kappa shape index (κ2) is 7.87. The molecule has 1 N–H and O–H groups in total. The van der Waals surface area contributed by atoms with E-state index < -0.39 is 0 Å². The predicted octanol–water partition coefficient (Wildman–Crippen LogP) is 2.20. The second-order valence-electron chi connectivity index (χ2n) is 8.21. The van der Waals surface area contributed by atoms with E-state index in [-0.39, 0.29) is 23.5 Å². The van der Waals surface area contributed by atoms with Gasteiger partial charge in [0.1, 0.15) is 5.82 Å². The van der Waals surface area contributed by atoms with Gasteiger partial charge in [-0.3, -0.25) is 4.79 Å². The molecule has 3 rings (SSSR count). The van der Waals surface area contributed by atoms with Crippen LogP contribution >= 0.6 is 0 Å². The van der Waals surface area contributed by atoms with Crippen LogP contribution in [0.5, 0.6) is 0 Å². The summed E-state index contributed by atoms with van der Waals surface area (Å²) >= 11 is 0. The highest BCUT2D eigenvalue weighted by Gasteiger charge is 2.25. The zero-order valence-corrected chi connectivity index (χ0v) is 15.7. The lowest BCUT2D eigenvalue weighted by atomic mass is 9.93. The third-order valence-electron chi connectivity index (χ3n) is 4.93. The Hall–Kier alpha value is -1.40. The quantitative estimate of drug-likeness (QED) is 0.800. The number of aromatic nitrogens is 2. The number of fused-ring (bicyclic) bond motifs is 1. The van der Waals surface area contributed by atoms with Gasteiger partial charge in [-0.15, -0.1) is 0 Å². The Morgan fingerprint density at radius 1 is 1.44 bits per heavy atom. The highest BCUT2D eigenvalue weighted by molar-refractivity contribution is 5.76. The van der Waals surface area contributed by atoms with Crippen molar-refractivity contribution in [2.24, 2.45) is 0 Å². The van der Waals surface area contributed by atoms with Crippen molar-refractivity contribution in [3.05, 3.63) is 17.7 Å². The van der Waals surface area contributed by atoms with Crippen molar-refractivity contribution < 1.29 is 14.3 Å². The van der Waals surface area contributed by atoms with Gasteiger partial charge in [-0.2, -0.15) is 0 Å². The molecule has 2 aliphatic rings. The van der Waals surface area contributed by atoms with Crippen LogP contribution in [0.25, 0.3) is 0 Å². The van der Waals surface area contributed by atoms with E-state index in [2.05, 4.69) is 36.9 Å². The molecule has 6 heteroatoms. The van der Waals surface area contributed by atoms with Gasteiger partial charge in [0.05, 0.1) is 25.0 Å². The summed E-state index contributed by atoms with van der Waals surface area (Å²) in [5.74, 6) is 1.20. The molecule has 1 aromatic heterocycles. The van der Waals surface area contributed by atoms with Crippen LogP contribution < -0.4 is 5.32 Å². The first-order chi connectivity index (χ1) is 11.9. The topological polar surface area (TPSA) is 65.4 Å². The Morgan fingerprint density at radius 3 is 3.00 bits per heavy atom. The highest BCUT2D eigenvalue weighted by atomic mass is 16.5. The van der Waals surface area contributed by atoms with E-state index in [1.165, 1.54) is 0 Å². The van der Waals surface area contributed by atoms with Crippen molar-refractivity contribution in [2.45, 2.75) is 77.0 Å². The standard InChI is InChI=1S/C19H31N3O3/c1-19(2,3)16-12-22-11-14(6-7-17(22)21-16)20-18(23)8-10-24-13-15-5-4-9-25-15/h12,14-15H,4-11,13H2,1-3H3,(H,20,23)/t14-,15-/m0/s1. The molecule has 0 saturated carbocycles. The van der Waals surface area contributed by atoms with E-state index in [0.717, 1.165) is 50.4 Å². The Balaban J connectivity index is 1.40. The van der Waals surface area contributed by atoms with Crippen molar-refractivity contribution in [1.29, 1.82) is 0 Å². The van der Waals surface area contributed by atoms with Crippen molar-refractivity contribution in [1.82, 2.24) is 14.9 Å². The highest BCUT2D eigenvalue weighted by Crippen LogP contribution is 2.24. The molecule has 3 heterocycles. The third-order valence-corrected chi connectivity index (χ3v) is 4.93. The lowest BCUT2D eigenvalue weighted by molar-refractivity contribution is -0.123. The number of nitrogens with one attached hydrogen (secondary N) is 1. The molecular formula is C19H31N3O3. The molecule has 0 radical (unpaired) electrons. The number of hydrogen-bond donors (Lipinski definition) is 1.